The molecule has 184 valence electrons. The van der Waals surface area contributed by atoms with Crippen molar-refractivity contribution in [1.82, 2.24) is 30.2 Å². The van der Waals surface area contributed by atoms with Crippen molar-refractivity contribution >= 4 is 44.9 Å². The second kappa shape index (κ2) is 11.3. The first-order chi connectivity index (χ1) is 17.0. The third-order valence-electron chi connectivity index (χ3n) is 5.85. The monoisotopic (exact) mass is 492 g/mol. The van der Waals surface area contributed by atoms with Gasteiger partial charge in [-0.1, -0.05) is 25.2 Å². The predicted molar refractivity (Wildman–Crippen MR) is 144 cm³/mol. The van der Waals surface area contributed by atoms with E-state index in [1.807, 2.05) is 44.3 Å². The first-order valence-electron chi connectivity index (χ1n) is 11.9. The molecule has 35 heavy (non-hydrogen) atoms. The quantitative estimate of drug-likeness (QED) is 0.226. The van der Waals surface area contributed by atoms with Gasteiger partial charge in [0.05, 0.1) is 16.3 Å². The fourth-order valence-corrected chi connectivity index (χ4v) is 4.78. The summed E-state index contributed by atoms with van der Waals surface area (Å²) in [4.78, 5) is 32.7. The SMILES string of the molecule is CCN(CC)CCCNC(=O)c1cc2cc(Nc3nccc(-c4sc(NC)nc4C)n3)ccc2[nH]1. The first kappa shape index (κ1) is 24.6. The number of benzene rings is 1. The van der Waals surface area contributed by atoms with Crippen molar-refractivity contribution in [2.75, 3.05) is 43.9 Å². The van der Waals surface area contributed by atoms with E-state index in [-0.39, 0.29) is 5.91 Å². The van der Waals surface area contributed by atoms with Crippen molar-refractivity contribution in [2.45, 2.75) is 27.2 Å². The van der Waals surface area contributed by atoms with Crippen molar-refractivity contribution in [2.24, 2.45) is 0 Å². The van der Waals surface area contributed by atoms with Gasteiger partial charge in [-0.25, -0.2) is 15.0 Å². The van der Waals surface area contributed by atoms with E-state index < -0.39 is 0 Å². The number of carbonyl (C=O) groups is 1. The summed E-state index contributed by atoms with van der Waals surface area (Å²) in [5.74, 6) is 0.412. The van der Waals surface area contributed by atoms with E-state index >= 15 is 0 Å². The van der Waals surface area contributed by atoms with Gasteiger partial charge in [0.15, 0.2) is 5.13 Å². The summed E-state index contributed by atoms with van der Waals surface area (Å²) in [6.07, 6.45) is 2.67. The summed E-state index contributed by atoms with van der Waals surface area (Å²) in [5, 5.41) is 11.2. The van der Waals surface area contributed by atoms with E-state index in [0.717, 1.165) is 64.0 Å². The van der Waals surface area contributed by atoms with Gasteiger partial charge in [-0.2, -0.15) is 0 Å². The molecule has 0 aliphatic carbocycles. The second-order valence-corrected chi connectivity index (χ2v) is 9.19. The molecule has 1 amide bonds. The maximum absolute atomic E-state index is 12.6. The summed E-state index contributed by atoms with van der Waals surface area (Å²) in [5.41, 5.74) is 4.05. The predicted octanol–water partition coefficient (Wildman–Crippen LogP) is 4.64. The van der Waals surface area contributed by atoms with Crippen molar-refractivity contribution in [3.05, 3.63) is 47.9 Å². The van der Waals surface area contributed by atoms with Gasteiger partial charge in [-0.3, -0.25) is 4.79 Å². The molecule has 3 heterocycles. The Bertz CT molecular complexity index is 1290. The second-order valence-electron chi connectivity index (χ2n) is 8.20. The number of H-pyrrole nitrogens is 1. The van der Waals surface area contributed by atoms with Crippen LogP contribution in [0.15, 0.2) is 36.5 Å². The third kappa shape index (κ3) is 5.95. The number of fused-ring (bicyclic) bond motifs is 1. The molecule has 0 saturated heterocycles. The maximum Gasteiger partial charge on any atom is 0.267 e. The summed E-state index contributed by atoms with van der Waals surface area (Å²) < 4.78 is 0. The number of amides is 1. The highest BCUT2D eigenvalue weighted by molar-refractivity contribution is 7.19. The molecule has 0 saturated carbocycles. The van der Waals surface area contributed by atoms with E-state index in [2.05, 4.69) is 54.6 Å². The topological polar surface area (TPSA) is 111 Å². The highest BCUT2D eigenvalue weighted by Crippen LogP contribution is 2.32. The number of hydrogen-bond donors (Lipinski definition) is 4. The van der Waals surface area contributed by atoms with E-state index in [9.17, 15) is 4.79 Å². The fourth-order valence-electron chi connectivity index (χ4n) is 3.89. The molecule has 0 atom stereocenters. The maximum atomic E-state index is 12.6. The normalized spacial score (nSPS) is 11.2. The molecular formula is C25H32N8OS. The molecule has 9 nitrogen and oxygen atoms in total. The lowest BCUT2D eigenvalue weighted by Crippen LogP contribution is -2.30. The minimum atomic E-state index is -0.0906. The van der Waals surface area contributed by atoms with Gasteiger partial charge in [0, 0.05) is 36.4 Å². The Kier molecular flexibility index (Phi) is 7.94. The Morgan fingerprint density at radius 1 is 1.14 bits per heavy atom. The molecule has 4 rings (SSSR count). The minimum absolute atomic E-state index is 0.0906. The highest BCUT2D eigenvalue weighted by atomic mass is 32.1. The van der Waals surface area contributed by atoms with Crippen LogP contribution in [-0.4, -0.2) is 64.0 Å². The molecule has 1 aromatic carbocycles. The smallest absolute Gasteiger partial charge is 0.267 e. The van der Waals surface area contributed by atoms with E-state index in [1.54, 1.807) is 17.5 Å². The molecule has 0 bridgehead atoms. The number of nitrogens with zero attached hydrogens (tertiary/aromatic N) is 4. The number of anilines is 3. The lowest BCUT2D eigenvalue weighted by atomic mass is 10.2. The Labute approximate surface area is 209 Å². The van der Waals surface area contributed by atoms with Crippen LogP contribution in [0.2, 0.25) is 0 Å². The summed E-state index contributed by atoms with van der Waals surface area (Å²) in [6, 6.07) is 9.63. The van der Waals surface area contributed by atoms with Crippen molar-refractivity contribution in [3.8, 4) is 10.6 Å². The molecule has 0 spiro atoms. The van der Waals surface area contributed by atoms with Crippen LogP contribution in [-0.2, 0) is 0 Å². The van der Waals surface area contributed by atoms with Gasteiger partial charge >= 0.3 is 0 Å². The van der Waals surface area contributed by atoms with E-state index in [0.29, 0.717) is 18.2 Å². The zero-order valence-electron chi connectivity index (χ0n) is 20.6. The van der Waals surface area contributed by atoms with E-state index in [4.69, 9.17) is 0 Å². The number of aromatic nitrogens is 4. The molecule has 0 aliphatic rings. The van der Waals surface area contributed by atoms with Crippen LogP contribution in [0, 0.1) is 6.92 Å². The van der Waals surface area contributed by atoms with Gasteiger partial charge in [0.2, 0.25) is 5.95 Å². The molecule has 3 aromatic heterocycles. The molecular weight excluding hydrogens is 460 g/mol. The summed E-state index contributed by atoms with van der Waals surface area (Å²) >= 11 is 1.56. The Morgan fingerprint density at radius 3 is 2.71 bits per heavy atom. The average molecular weight is 493 g/mol. The number of aromatic amines is 1. The van der Waals surface area contributed by atoms with Gasteiger partial charge in [-0.15, -0.1) is 0 Å². The molecule has 10 heteroatoms. The largest absolute Gasteiger partial charge is 0.365 e. The number of hydrogen-bond acceptors (Lipinski definition) is 8. The van der Waals surface area contributed by atoms with Crippen LogP contribution in [0.4, 0.5) is 16.8 Å². The van der Waals surface area contributed by atoms with Gasteiger partial charge in [0.1, 0.15) is 5.69 Å². The van der Waals surface area contributed by atoms with Crippen LogP contribution in [0.25, 0.3) is 21.5 Å². The molecule has 0 radical (unpaired) electrons. The molecule has 0 unspecified atom stereocenters. The number of rotatable bonds is 11. The lowest BCUT2D eigenvalue weighted by Gasteiger charge is -2.17. The standard InChI is InChI=1S/C25H32N8OS/c1-5-33(6-2)13-7-11-27-23(34)21-15-17-14-18(8-9-19(17)31-21)30-24-28-12-10-20(32-24)22-16(3)29-25(26-4)35-22/h8-10,12,14-15,31H,5-7,11,13H2,1-4H3,(H,26,29)(H,27,34)(H,28,30,32). The highest BCUT2D eigenvalue weighted by Gasteiger charge is 2.13. The Morgan fingerprint density at radius 2 is 1.97 bits per heavy atom. The van der Waals surface area contributed by atoms with Crippen LogP contribution in [0.1, 0.15) is 36.5 Å². The van der Waals surface area contributed by atoms with Crippen LogP contribution in [0.5, 0.6) is 0 Å². The average Bonchev–Trinajstić information content (AvgIpc) is 3.47. The van der Waals surface area contributed by atoms with Gasteiger partial charge in [0.25, 0.3) is 5.91 Å². The first-order valence-corrected chi connectivity index (χ1v) is 12.7. The fraction of sp³-hybridized carbons (Fsp3) is 0.360. The van der Waals surface area contributed by atoms with Gasteiger partial charge < -0.3 is 25.8 Å². The number of aryl methyl sites for hydroxylation is 1. The lowest BCUT2D eigenvalue weighted by molar-refractivity contribution is 0.0947. The van der Waals surface area contributed by atoms with Crippen molar-refractivity contribution in [3.63, 3.8) is 0 Å². The number of carbonyl (C=O) groups excluding carboxylic acids is 1. The summed E-state index contributed by atoms with van der Waals surface area (Å²) in [6.45, 7) is 9.97. The number of nitrogens with one attached hydrogen (secondary N) is 4. The molecule has 0 aliphatic heterocycles. The molecule has 4 N–H and O–H groups in total. The zero-order valence-corrected chi connectivity index (χ0v) is 21.4. The number of thiazole rings is 1. The van der Waals surface area contributed by atoms with E-state index in [1.165, 1.54) is 0 Å². The molecule has 0 fully saturated rings. The zero-order chi connectivity index (χ0) is 24.8. The van der Waals surface area contributed by atoms with Crippen molar-refractivity contribution in [1.29, 1.82) is 0 Å². The van der Waals surface area contributed by atoms with Crippen molar-refractivity contribution < 1.29 is 4.79 Å². The van der Waals surface area contributed by atoms with Crippen LogP contribution in [0.3, 0.4) is 0 Å². The third-order valence-corrected chi connectivity index (χ3v) is 7.05. The Hall–Kier alpha value is -3.50. The Balaban J connectivity index is 1.42. The summed E-state index contributed by atoms with van der Waals surface area (Å²) in [7, 11) is 1.86. The molecule has 4 aromatic rings. The van der Waals surface area contributed by atoms with Crippen LogP contribution >= 0.6 is 11.3 Å². The van der Waals surface area contributed by atoms with Crippen LogP contribution < -0.4 is 16.0 Å². The van der Waals surface area contributed by atoms with Gasteiger partial charge in [-0.05, 0) is 63.3 Å². The minimum Gasteiger partial charge on any atom is -0.365 e.